The van der Waals surface area contributed by atoms with E-state index in [-0.39, 0.29) is 0 Å². The molecule has 1 N–H and O–H groups in total. The molecule has 1 heterocycles. The molecule has 1 aromatic heterocycles. The Labute approximate surface area is 119 Å². The van der Waals surface area contributed by atoms with Gasteiger partial charge in [-0.2, -0.15) is 0 Å². The molecule has 1 aromatic carbocycles. The number of pyridine rings is 1. The van der Waals surface area contributed by atoms with E-state index in [9.17, 15) is 5.11 Å². The maximum atomic E-state index is 9.45. The number of nitrogens with zero attached hydrogens (tertiary/aromatic N) is 2. The largest absolute Gasteiger partial charge is 0.497 e. The van der Waals surface area contributed by atoms with E-state index in [2.05, 4.69) is 9.88 Å². The highest BCUT2D eigenvalue weighted by atomic mass is 16.5. The van der Waals surface area contributed by atoms with Crippen molar-refractivity contribution in [3.63, 3.8) is 0 Å². The summed E-state index contributed by atoms with van der Waals surface area (Å²) in [6.07, 6.45) is 1.25. The Kier molecular flexibility index (Phi) is 4.58. The minimum absolute atomic E-state index is 0.532. The number of hydrogen-bond acceptors (Lipinski definition) is 4. The summed E-state index contributed by atoms with van der Waals surface area (Å²) in [6.45, 7) is 2.50. The molecule has 2 aromatic rings. The molecule has 4 heteroatoms. The van der Waals surface area contributed by atoms with Crippen LogP contribution in [0.4, 0.5) is 5.69 Å². The van der Waals surface area contributed by atoms with Crippen LogP contribution in [-0.2, 0) is 6.54 Å². The normalized spacial score (nSPS) is 12.0. The van der Waals surface area contributed by atoms with Gasteiger partial charge in [-0.15, -0.1) is 0 Å². The second kappa shape index (κ2) is 6.39. The fraction of sp³-hybridized carbons (Fsp3) is 0.312. The zero-order valence-electron chi connectivity index (χ0n) is 12.1. The molecule has 0 radical (unpaired) electrons. The van der Waals surface area contributed by atoms with E-state index in [4.69, 9.17) is 4.74 Å². The first-order valence-electron chi connectivity index (χ1n) is 6.58. The van der Waals surface area contributed by atoms with E-state index in [0.717, 1.165) is 18.0 Å². The van der Waals surface area contributed by atoms with E-state index in [1.165, 1.54) is 5.56 Å². The van der Waals surface area contributed by atoms with Crippen LogP contribution in [0.25, 0.3) is 0 Å². The number of hydrogen-bond donors (Lipinski definition) is 1. The van der Waals surface area contributed by atoms with E-state index >= 15 is 0 Å². The van der Waals surface area contributed by atoms with Crippen LogP contribution in [0.5, 0.6) is 5.75 Å². The number of anilines is 1. The van der Waals surface area contributed by atoms with Crippen molar-refractivity contribution in [3.05, 3.63) is 53.9 Å². The van der Waals surface area contributed by atoms with Crippen LogP contribution in [0, 0.1) is 0 Å². The number of aliphatic hydroxyl groups is 1. The van der Waals surface area contributed by atoms with Gasteiger partial charge in [-0.25, -0.2) is 0 Å². The van der Waals surface area contributed by atoms with Gasteiger partial charge in [0.2, 0.25) is 0 Å². The highest BCUT2D eigenvalue weighted by molar-refractivity contribution is 5.45. The average molecular weight is 272 g/mol. The fourth-order valence-corrected chi connectivity index (χ4v) is 1.97. The van der Waals surface area contributed by atoms with Gasteiger partial charge < -0.3 is 14.7 Å². The summed E-state index contributed by atoms with van der Waals surface area (Å²) in [5, 5.41) is 9.45. The molecule has 0 saturated carbocycles. The van der Waals surface area contributed by atoms with Crippen LogP contribution < -0.4 is 9.64 Å². The molecule has 20 heavy (non-hydrogen) atoms. The smallest absolute Gasteiger partial charge is 0.118 e. The molecule has 0 aliphatic rings. The monoisotopic (exact) mass is 272 g/mol. The Balaban J connectivity index is 2.04. The Bertz CT molecular complexity index is 535. The zero-order valence-corrected chi connectivity index (χ0v) is 12.1. The molecular weight excluding hydrogens is 252 g/mol. The average Bonchev–Trinajstić information content (AvgIpc) is 2.48. The third-order valence-corrected chi connectivity index (χ3v) is 3.22. The van der Waals surface area contributed by atoms with Crippen LogP contribution in [0.15, 0.2) is 42.6 Å². The van der Waals surface area contributed by atoms with Crippen LogP contribution in [-0.4, -0.2) is 24.2 Å². The summed E-state index contributed by atoms with van der Waals surface area (Å²) in [7, 11) is 3.68. The number of methoxy groups -OCH3 is 1. The summed E-state index contributed by atoms with van der Waals surface area (Å²) in [4.78, 5) is 6.37. The predicted molar refractivity (Wildman–Crippen MR) is 80.0 cm³/mol. The Morgan fingerprint density at radius 2 is 1.90 bits per heavy atom. The molecule has 0 saturated heterocycles. The molecule has 106 valence electrons. The summed E-state index contributed by atoms with van der Waals surface area (Å²) in [5.74, 6) is 0.861. The molecule has 2 rings (SSSR count). The molecule has 0 bridgehead atoms. The lowest BCUT2D eigenvalue weighted by Crippen LogP contribution is -2.16. The predicted octanol–water partition coefficient (Wildman–Crippen LogP) is 2.78. The molecular formula is C16H20N2O2. The van der Waals surface area contributed by atoms with Gasteiger partial charge in [0.25, 0.3) is 0 Å². The number of rotatable bonds is 5. The van der Waals surface area contributed by atoms with E-state index in [1.807, 2.05) is 43.4 Å². The fourth-order valence-electron chi connectivity index (χ4n) is 1.97. The molecule has 4 nitrogen and oxygen atoms in total. The van der Waals surface area contributed by atoms with Gasteiger partial charge >= 0.3 is 0 Å². The summed E-state index contributed by atoms with van der Waals surface area (Å²) >= 11 is 0. The van der Waals surface area contributed by atoms with Crippen molar-refractivity contribution in [2.45, 2.75) is 19.6 Å². The molecule has 0 aliphatic heterocycles. The van der Waals surface area contributed by atoms with Crippen LogP contribution in [0.1, 0.15) is 24.3 Å². The molecule has 0 spiro atoms. The Hall–Kier alpha value is -2.07. The standard InChI is InChI=1S/C16H20N2O2/c1-12(19)16-9-6-14(10-17-16)18(2)11-13-4-7-15(20-3)8-5-13/h4-10,12,19H,11H2,1-3H3/t12-/m0/s1. The van der Waals surface area contributed by atoms with Crippen molar-refractivity contribution in [2.75, 3.05) is 19.1 Å². The molecule has 0 amide bonds. The van der Waals surface area contributed by atoms with Crippen molar-refractivity contribution in [1.82, 2.24) is 4.98 Å². The lowest BCUT2D eigenvalue weighted by molar-refractivity contribution is 0.194. The quantitative estimate of drug-likeness (QED) is 0.909. The molecule has 1 atom stereocenters. The van der Waals surface area contributed by atoms with Gasteiger partial charge in [-0.1, -0.05) is 12.1 Å². The lowest BCUT2D eigenvalue weighted by Gasteiger charge is -2.19. The van der Waals surface area contributed by atoms with Crippen molar-refractivity contribution >= 4 is 5.69 Å². The van der Waals surface area contributed by atoms with E-state index < -0.39 is 6.10 Å². The summed E-state index contributed by atoms with van der Waals surface area (Å²) in [6, 6.07) is 11.8. The van der Waals surface area contributed by atoms with Crippen molar-refractivity contribution in [3.8, 4) is 5.75 Å². The maximum absolute atomic E-state index is 9.45. The second-order valence-corrected chi connectivity index (χ2v) is 4.82. The third-order valence-electron chi connectivity index (χ3n) is 3.22. The van der Waals surface area contributed by atoms with Gasteiger partial charge in [0.05, 0.1) is 30.8 Å². The first kappa shape index (κ1) is 14.3. The van der Waals surface area contributed by atoms with Crippen LogP contribution in [0.2, 0.25) is 0 Å². The van der Waals surface area contributed by atoms with Gasteiger partial charge in [0, 0.05) is 13.6 Å². The number of benzene rings is 1. The van der Waals surface area contributed by atoms with Gasteiger partial charge in [0.1, 0.15) is 5.75 Å². The number of aliphatic hydroxyl groups excluding tert-OH is 1. The van der Waals surface area contributed by atoms with Gasteiger partial charge in [0.15, 0.2) is 0 Å². The molecule has 0 unspecified atom stereocenters. The maximum Gasteiger partial charge on any atom is 0.118 e. The SMILES string of the molecule is COc1ccc(CN(C)c2ccc([C@H](C)O)nc2)cc1. The van der Waals surface area contributed by atoms with E-state index in [0.29, 0.717) is 5.69 Å². The topological polar surface area (TPSA) is 45.6 Å². The van der Waals surface area contributed by atoms with Gasteiger partial charge in [-0.3, -0.25) is 4.98 Å². The summed E-state index contributed by atoms with van der Waals surface area (Å²) in [5.41, 5.74) is 2.91. The van der Waals surface area contributed by atoms with Gasteiger partial charge in [-0.05, 0) is 36.8 Å². The van der Waals surface area contributed by atoms with Crippen LogP contribution in [0.3, 0.4) is 0 Å². The number of aromatic nitrogens is 1. The first-order valence-corrected chi connectivity index (χ1v) is 6.58. The van der Waals surface area contributed by atoms with Crippen LogP contribution >= 0.6 is 0 Å². The third kappa shape index (κ3) is 3.48. The minimum Gasteiger partial charge on any atom is -0.497 e. The van der Waals surface area contributed by atoms with Crippen molar-refractivity contribution in [2.24, 2.45) is 0 Å². The van der Waals surface area contributed by atoms with Crippen molar-refractivity contribution < 1.29 is 9.84 Å². The minimum atomic E-state index is -0.532. The number of ether oxygens (including phenoxy) is 1. The first-order chi connectivity index (χ1) is 9.60. The Morgan fingerprint density at radius 1 is 1.20 bits per heavy atom. The molecule has 0 fully saturated rings. The zero-order chi connectivity index (χ0) is 14.5. The highest BCUT2D eigenvalue weighted by Crippen LogP contribution is 2.18. The van der Waals surface area contributed by atoms with E-state index in [1.54, 1.807) is 20.2 Å². The summed E-state index contributed by atoms with van der Waals surface area (Å²) < 4.78 is 5.15. The highest BCUT2D eigenvalue weighted by Gasteiger charge is 2.06. The second-order valence-electron chi connectivity index (χ2n) is 4.82. The van der Waals surface area contributed by atoms with Crippen molar-refractivity contribution in [1.29, 1.82) is 0 Å². The molecule has 0 aliphatic carbocycles. The Morgan fingerprint density at radius 3 is 2.40 bits per heavy atom. The lowest BCUT2D eigenvalue weighted by atomic mass is 10.2.